The highest BCUT2D eigenvalue weighted by Crippen LogP contribution is 2.22. The lowest BCUT2D eigenvalue weighted by Gasteiger charge is -2.30. The van der Waals surface area contributed by atoms with Gasteiger partial charge in [0.05, 0.1) is 6.54 Å². The summed E-state index contributed by atoms with van der Waals surface area (Å²) in [5, 5.41) is 17.8. The number of rotatable bonds is 23. The molecule has 6 atom stereocenters. The molecular formula is C36H65N7O5P2. The molecule has 0 aliphatic carbocycles. The molecule has 0 spiro atoms. The van der Waals surface area contributed by atoms with E-state index in [1.807, 2.05) is 58.0 Å². The molecule has 1 rings (SSSR count). The van der Waals surface area contributed by atoms with Crippen molar-refractivity contribution >= 4 is 42.1 Å². The van der Waals surface area contributed by atoms with E-state index < -0.39 is 18.0 Å². The van der Waals surface area contributed by atoms with Crippen molar-refractivity contribution in [1.82, 2.24) is 26.6 Å². The quantitative estimate of drug-likeness (QED) is 0.0672. The number of benzene rings is 1. The molecule has 5 unspecified atom stereocenters. The summed E-state index contributed by atoms with van der Waals surface area (Å²) in [4.78, 5) is 59.7. The van der Waals surface area contributed by atoms with Crippen LogP contribution in [0.15, 0.2) is 59.6 Å². The van der Waals surface area contributed by atoms with Crippen molar-refractivity contribution in [3.05, 3.63) is 64.9 Å². The average molecular weight is 738 g/mol. The summed E-state index contributed by atoms with van der Waals surface area (Å²) in [6.07, 6.45) is 6.57. The topological polar surface area (TPSA) is 184 Å². The fourth-order valence-electron chi connectivity index (χ4n) is 4.52. The molecule has 0 aromatic heterocycles. The molecule has 1 aromatic rings. The lowest BCUT2D eigenvalue weighted by Crippen LogP contribution is -2.51. The first-order valence-corrected chi connectivity index (χ1v) is 19.3. The SMILES string of the molecule is C=C(CC(P)[C@H](CCC)NC(=O)C(CCP)N/C(=C\C)CNC(=O)CCCC(=O)N=O)NC(C(=O)NCC)c1ccccc1.CC.CCCN. The van der Waals surface area contributed by atoms with Crippen LogP contribution in [0.2, 0.25) is 0 Å². The maximum Gasteiger partial charge on any atom is 0.286 e. The second kappa shape index (κ2) is 31.8. The van der Waals surface area contributed by atoms with Gasteiger partial charge in [0.2, 0.25) is 17.7 Å². The molecule has 1 aromatic carbocycles. The van der Waals surface area contributed by atoms with Gasteiger partial charge in [-0.2, -0.15) is 0 Å². The molecule has 0 saturated carbocycles. The number of carbonyl (C=O) groups is 4. The van der Waals surface area contributed by atoms with E-state index in [1.54, 1.807) is 6.08 Å². The zero-order valence-corrected chi connectivity index (χ0v) is 33.5. The van der Waals surface area contributed by atoms with Gasteiger partial charge in [-0.25, -0.2) is 0 Å². The van der Waals surface area contributed by atoms with E-state index in [0.29, 0.717) is 36.9 Å². The van der Waals surface area contributed by atoms with Crippen LogP contribution in [0.4, 0.5) is 0 Å². The first kappa shape index (κ1) is 48.9. The largest absolute Gasteiger partial charge is 0.376 e. The van der Waals surface area contributed by atoms with Gasteiger partial charge in [-0.3, -0.25) is 19.2 Å². The Morgan fingerprint density at radius 3 is 2.10 bits per heavy atom. The van der Waals surface area contributed by atoms with Crippen molar-refractivity contribution in [2.45, 2.75) is 117 Å². The number of hydrogen-bond donors (Lipinski definition) is 6. The summed E-state index contributed by atoms with van der Waals surface area (Å²) in [6, 6.07) is 8.24. The molecular weight excluding hydrogens is 672 g/mol. The fraction of sp³-hybridized carbons (Fsp3) is 0.611. The maximum absolute atomic E-state index is 13.5. The highest BCUT2D eigenvalue weighted by molar-refractivity contribution is 7.17. The van der Waals surface area contributed by atoms with Crippen LogP contribution in [0.3, 0.4) is 0 Å². The van der Waals surface area contributed by atoms with Crippen molar-refractivity contribution in [3.63, 3.8) is 0 Å². The van der Waals surface area contributed by atoms with Gasteiger partial charge in [0.15, 0.2) is 0 Å². The number of likely N-dealkylation sites (N-methyl/N-ethyl adjacent to an activating group) is 1. The molecule has 12 nitrogen and oxygen atoms in total. The minimum absolute atomic E-state index is 0.0389. The highest BCUT2D eigenvalue weighted by atomic mass is 31.0. The van der Waals surface area contributed by atoms with Crippen LogP contribution in [0.5, 0.6) is 0 Å². The summed E-state index contributed by atoms with van der Waals surface area (Å²) in [5.74, 6) is -1.32. The Bertz CT molecular complexity index is 1150. The zero-order valence-electron chi connectivity index (χ0n) is 31.2. The number of nitroso groups, excluding NO2 is 1. The number of allylic oxidation sites excluding steroid dienone is 2. The molecule has 0 fully saturated rings. The lowest BCUT2D eigenvalue weighted by atomic mass is 10.0. The fourth-order valence-corrected chi connectivity index (χ4v) is 5.43. The predicted octanol–water partition coefficient (Wildman–Crippen LogP) is 4.97. The summed E-state index contributed by atoms with van der Waals surface area (Å²) < 4.78 is 0. The van der Waals surface area contributed by atoms with Gasteiger partial charge in [-0.1, -0.05) is 77.1 Å². The molecule has 14 heteroatoms. The molecule has 0 aliphatic heterocycles. The van der Waals surface area contributed by atoms with Crippen LogP contribution < -0.4 is 32.3 Å². The average Bonchev–Trinajstić information content (AvgIpc) is 3.12. The number of nitrogens with zero attached hydrogens (tertiary/aromatic N) is 1. The van der Waals surface area contributed by atoms with Crippen molar-refractivity contribution in [2.24, 2.45) is 10.9 Å². The summed E-state index contributed by atoms with van der Waals surface area (Å²) >= 11 is 0. The van der Waals surface area contributed by atoms with E-state index in [1.165, 1.54) is 0 Å². The van der Waals surface area contributed by atoms with Gasteiger partial charge < -0.3 is 32.3 Å². The van der Waals surface area contributed by atoms with E-state index in [-0.39, 0.29) is 55.2 Å². The van der Waals surface area contributed by atoms with Crippen molar-refractivity contribution in [1.29, 1.82) is 0 Å². The van der Waals surface area contributed by atoms with Gasteiger partial charge in [-0.05, 0) is 69.9 Å². The molecule has 0 heterocycles. The Balaban J connectivity index is 0. The first-order chi connectivity index (χ1) is 24.0. The molecule has 4 amide bonds. The standard InChI is InChI=1S/C31H50N6O5P2.C3H9N.C2H6/c1-5-12-24(26(44)19-21(4)34-29(31(41)32-7-3)22-13-9-8-10-14-22)36-30(40)25(17-18-43)35-23(6-2)20-33-27(38)15-11-16-28(39)37-42;1-2-3-4;1-2/h6,8-10,13-14,24-26,29,34-35H,4-5,7,11-12,15-20,43-44H2,1-3H3,(H,32,41)(H,33,38)(H,36,40);2-4H2,1H3;1-2H3/b23-6-;;/t24-,25?,26?,29?;;/m0../s1. The summed E-state index contributed by atoms with van der Waals surface area (Å²) in [6.45, 7) is 17.5. The molecule has 0 aliphatic rings. The van der Waals surface area contributed by atoms with Crippen LogP contribution in [-0.2, 0) is 19.2 Å². The second-order valence-corrected chi connectivity index (χ2v) is 12.7. The molecule has 0 saturated heterocycles. The van der Waals surface area contributed by atoms with Crippen LogP contribution in [0.25, 0.3) is 0 Å². The Morgan fingerprint density at radius 2 is 1.58 bits per heavy atom. The summed E-state index contributed by atoms with van der Waals surface area (Å²) in [5.41, 5.74) is 7.21. The Labute approximate surface area is 305 Å². The van der Waals surface area contributed by atoms with Crippen molar-refractivity contribution in [2.75, 3.05) is 25.8 Å². The molecule has 284 valence electrons. The van der Waals surface area contributed by atoms with Gasteiger partial charge in [0.25, 0.3) is 5.91 Å². The van der Waals surface area contributed by atoms with Crippen molar-refractivity contribution in [3.8, 4) is 0 Å². The van der Waals surface area contributed by atoms with Gasteiger partial charge in [-0.15, -0.1) is 23.4 Å². The Hall–Kier alpha value is -3.20. The number of hydrogen-bond acceptors (Lipinski definition) is 8. The molecule has 50 heavy (non-hydrogen) atoms. The normalized spacial score (nSPS) is 12.9. The predicted molar refractivity (Wildman–Crippen MR) is 213 cm³/mol. The summed E-state index contributed by atoms with van der Waals surface area (Å²) in [7, 11) is 5.47. The van der Waals surface area contributed by atoms with E-state index in [2.05, 4.69) is 70.7 Å². The van der Waals surface area contributed by atoms with Gasteiger partial charge in [0.1, 0.15) is 12.1 Å². The minimum atomic E-state index is -0.773. The number of amides is 4. The van der Waals surface area contributed by atoms with E-state index in [0.717, 1.165) is 31.4 Å². The third-order valence-electron chi connectivity index (χ3n) is 7.16. The van der Waals surface area contributed by atoms with Crippen LogP contribution in [-0.4, -0.2) is 67.2 Å². The molecule has 0 bridgehead atoms. The first-order valence-electron chi connectivity index (χ1n) is 17.8. The Morgan fingerprint density at radius 1 is 0.940 bits per heavy atom. The third-order valence-corrected chi connectivity index (χ3v) is 8.20. The van der Waals surface area contributed by atoms with E-state index in [4.69, 9.17) is 5.73 Å². The number of nitrogens with two attached hydrogens (primary N) is 1. The highest BCUT2D eigenvalue weighted by Gasteiger charge is 2.26. The second-order valence-electron chi connectivity index (χ2n) is 11.3. The van der Waals surface area contributed by atoms with Crippen LogP contribution >= 0.6 is 18.5 Å². The molecule has 0 radical (unpaired) electrons. The zero-order chi connectivity index (χ0) is 38.3. The van der Waals surface area contributed by atoms with E-state index >= 15 is 0 Å². The van der Waals surface area contributed by atoms with E-state index in [9.17, 15) is 24.1 Å². The minimum Gasteiger partial charge on any atom is -0.376 e. The molecule has 7 N–H and O–H groups in total. The van der Waals surface area contributed by atoms with Crippen LogP contribution in [0, 0.1) is 4.91 Å². The lowest BCUT2D eigenvalue weighted by molar-refractivity contribution is -0.124. The maximum atomic E-state index is 13.5. The number of carbonyl (C=O) groups excluding carboxylic acids is 4. The van der Waals surface area contributed by atoms with Crippen LogP contribution in [0.1, 0.15) is 105 Å². The Kier molecular flexibility index (Phi) is 31.1. The third kappa shape index (κ3) is 22.5. The van der Waals surface area contributed by atoms with Gasteiger partial charge >= 0.3 is 0 Å². The number of nitrogens with one attached hydrogen (secondary N) is 5. The monoisotopic (exact) mass is 737 g/mol. The van der Waals surface area contributed by atoms with Gasteiger partial charge in [0, 0.05) is 42.0 Å². The van der Waals surface area contributed by atoms with Crippen molar-refractivity contribution < 1.29 is 19.2 Å². The smallest absolute Gasteiger partial charge is 0.286 e.